The number of hydrogen-bond donors (Lipinski definition) is 0. The second kappa shape index (κ2) is 6.34. The maximum absolute atomic E-state index is 12.6. The number of aryl methyl sites for hydroxylation is 3. The summed E-state index contributed by atoms with van der Waals surface area (Å²) in [6.45, 7) is 4.18. The highest BCUT2D eigenvalue weighted by Gasteiger charge is 2.11. The van der Waals surface area contributed by atoms with E-state index in [9.17, 15) is 4.79 Å². The highest BCUT2D eigenvalue weighted by Crippen LogP contribution is 2.23. The Hall–Kier alpha value is -1.85. The molecule has 3 rings (SSSR count). The molecule has 3 nitrogen and oxygen atoms in total. The van der Waals surface area contributed by atoms with E-state index in [1.807, 2.05) is 42.1 Å². The lowest BCUT2D eigenvalue weighted by Gasteiger charge is -2.02. The molecule has 0 aliphatic carbocycles. The van der Waals surface area contributed by atoms with Crippen molar-refractivity contribution >= 4 is 39.2 Å². The van der Waals surface area contributed by atoms with Crippen LogP contribution in [-0.2, 0) is 7.05 Å². The number of thiazole rings is 1. The molecule has 0 fully saturated rings. The van der Waals surface area contributed by atoms with Crippen molar-refractivity contribution in [3.63, 3.8) is 0 Å². The van der Waals surface area contributed by atoms with Crippen molar-refractivity contribution in [2.45, 2.75) is 18.7 Å². The molecule has 0 bridgehead atoms. The first-order valence-corrected chi connectivity index (χ1v) is 9.34. The molecule has 0 saturated carbocycles. The molecule has 3 aromatic rings. The number of hydrogen-bond acceptors (Lipinski definition) is 3. The molecule has 1 aromatic heterocycles. The molecule has 0 spiro atoms. The summed E-state index contributed by atoms with van der Waals surface area (Å²) >= 11 is 3.13. The fourth-order valence-electron chi connectivity index (χ4n) is 2.64. The minimum atomic E-state index is -0.188. The van der Waals surface area contributed by atoms with E-state index in [1.165, 1.54) is 15.8 Å². The molecule has 1 heterocycles. The zero-order chi connectivity index (χ0) is 16.6. The predicted octanol–water partition coefficient (Wildman–Crippen LogP) is 4.32. The average molecular weight is 342 g/mol. The molecule has 23 heavy (non-hydrogen) atoms. The van der Waals surface area contributed by atoms with Crippen LogP contribution in [0.3, 0.4) is 0 Å². The van der Waals surface area contributed by atoms with Gasteiger partial charge in [-0.05, 0) is 49.4 Å². The summed E-state index contributed by atoms with van der Waals surface area (Å²) in [4.78, 5) is 18.6. The van der Waals surface area contributed by atoms with E-state index in [-0.39, 0.29) is 5.91 Å². The smallest absolute Gasteiger partial charge is 0.280 e. The first-order chi connectivity index (χ1) is 11.0. The Balaban J connectivity index is 2.16. The molecule has 0 unspecified atom stereocenters. The summed E-state index contributed by atoms with van der Waals surface area (Å²) in [6.07, 6.45) is 1.97. The number of amides is 1. The number of nitrogens with zero attached hydrogens (tertiary/aromatic N) is 2. The quantitative estimate of drug-likeness (QED) is 0.650. The van der Waals surface area contributed by atoms with Gasteiger partial charge in [-0.3, -0.25) is 4.79 Å². The molecule has 1 amide bonds. The van der Waals surface area contributed by atoms with Crippen molar-refractivity contribution in [1.82, 2.24) is 4.57 Å². The predicted molar refractivity (Wildman–Crippen MR) is 98.4 cm³/mol. The Morgan fingerprint density at radius 3 is 2.70 bits per heavy atom. The normalized spacial score (nSPS) is 12.1. The van der Waals surface area contributed by atoms with Crippen LogP contribution in [0, 0.1) is 13.8 Å². The first kappa shape index (κ1) is 16.0. The maximum Gasteiger partial charge on any atom is 0.280 e. The third-order valence-electron chi connectivity index (χ3n) is 3.78. The van der Waals surface area contributed by atoms with E-state index in [1.54, 1.807) is 23.1 Å². The highest BCUT2D eigenvalue weighted by atomic mass is 32.2. The first-order valence-electron chi connectivity index (χ1n) is 7.30. The van der Waals surface area contributed by atoms with E-state index in [0.717, 1.165) is 15.2 Å². The van der Waals surface area contributed by atoms with Gasteiger partial charge in [-0.2, -0.15) is 4.99 Å². The van der Waals surface area contributed by atoms with Crippen molar-refractivity contribution < 1.29 is 4.79 Å². The van der Waals surface area contributed by atoms with Gasteiger partial charge in [0.1, 0.15) is 0 Å². The Morgan fingerprint density at radius 1 is 1.22 bits per heavy atom. The topological polar surface area (TPSA) is 34.4 Å². The summed E-state index contributed by atoms with van der Waals surface area (Å²) in [7, 11) is 1.96. The van der Waals surface area contributed by atoms with Gasteiger partial charge in [0.05, 0.1) is 15.8 Å². The van der Waals surface area contributed by atoms with Crippen LogP contribution in [0.5, 0.6) is 0 Å². The Bertz CT molecular complexity index is 967. The van der Waals surface area contributed by atoms with Crippen LogP contribution in [0.2, 0.25) is 0 Å². The summed E-state index contributed by atoms with van der Waals surface area (Å²) < 4.78 is 3.18. The molecule has 0 atom stereocenters. The zero-order valence-electron chi connectivity index (χ0n) is 13.6. The second-order valence-electron chi connectivity index (χ2n) is 5.49. The van der Waals surface area contributed by atoms with E-state index in [0.29, 0.717) is 5.56 Å². The lowest BCUT2D eigenvalue weighted by molar-refractivity contribution is 0.0995. The number of aromatic nitrogens is 1. The Labute approximate surface area is 143 Å². The van der Waals surface area contributed by atoms with Crippen LogP contribution >= 0.6 is 23.1 Å². The van der Waals surface area contributed by atoms with Crippen molar-refractivity contribution in [3.8, 4) is 0 Å². The van der Waals surface area contributed by atoms with E-state index >= 15 is 0 Å². The fourth-order valence-corrected chi connectivity index (χ4v) is 4.30. The van der Waals surface area contributed by atoms with Crippen molar-refractivity contribution in [2.24, 2.45) is 12.0 Å². The molecule has 2 aromatic carbocycles. The molecule has 118 valence electrons. The number of rotatable bonds is 2. The molecule has 0 N–H and O–H groups in total. The molecular formula is C18H18N2OS2. The third kappa shape index (κ3) is 2.99. The van der Waals surface area contributed by atoms with Crippen molar-refractivity contribution in [3.05, 3.63) is 57.9 Å². The fraction of sp³-hybridized carbons (Fsp3) is 0.222. The summed E-state index contributed by atoms with van der Waals surface area (Å²) in [5.41, 5.74) is 4.22. The second-order valence-corrected chi connectivity index (χ2v) is 7.32. The van der Waals surface area contributed by atoms with Gasteiger partial charge in [0, 0.05) is 11.9 Å². The van der Waals surface area contributed by atoms with Gasteiger partial charge in [0.15, 0.2) is 4.80 Å². The van der Waals surface area contributed by atoms with Crippen LogP contribution in [0.15, 0.2) is 46.3 Å². The van der Waals surface area contributed by atoms with Gasteiger partial charge in [0.25, 0.3) is 5.91 Å². The minimum Gasteiger partial charge on any atom is -0.319 e. The minimum absolute atomic E-state index is 0.188. The van der Waals surface area contributed by atoms with Gasteiger partial charge in [-0.15, -0.1) is 11.8 Å². The standard InChI is InChI=1S/C18H18N2OS2/c1-11-9-12(2)16-14(10-11)20(3)18(23-16)19-17(21)13-7-5-6-8-15(13)22-4/h5-10H,1-4H3. The van der Waals surface area contributed by atoms with Crippen molar-refractivity contribution in [2.75, 3.05) is 6.26 Å². The molecule has 0 radical (unpaired) electrons. The molecular weight excluding hydrogens is 324 g/mol. The number of thioether (sulfide) groups is 1. The summed E-state index contributed by atoms with van der Waals surface area (Å²) in [5.74, 6) is -0.188. The SMILES string of the molecule is CSc1ccccc1C(=O)N=c1sc2c(C)cc(C)cc2n1C. The number of carbonyl (C=O) groups excluding carboxylic acids is 1. The van der Waals surface area contributed by atoms with Gasteiger partial charge < -0.3 is 4.57 Å². The highest BCUT2D eigenvalue weighted by molar-refractivity contribution is 7.98. The summed E-state index contributed by atoms with van der Waals surface area (Å²) in [5, 5.41) is 0. The molecule has 0 aliphatic heterocycles. The summed E-state index contributed by atoms with van der Waals surface area (Å²) in [6, 6.07) is 11.9. The average Bonchev–Trinajstić information content (AvgIpc) is 2.84. The Kier molecular flexibility index (Phi) is 4.41. The molecule has 0 saturated heterocycles. The number of fused-ring (bicyclic) bond motifs is 1. The van der Waals surface area contributed by atoms with E-state index in [2.05, 4.69) is 31.0 Å². The third-order valence-corrected chi connectivity index (χ3v) is 5.85. The lowest BCUT2D eigenvalue weighted by atomic mass is 10.1. The van der Waals surface area contributed by atoms with Crippen LogP contribution in [0.25, 0.3) is 10.2 Å². The molecule has 5 heteroatoms. The van der Waals surface area contributed by atoms with Crippen LogP contribution in [0.4, 0.5) is 0 Å². The van der Waals surface area contributed by atoms with Gasteiger partial charge in [-0.1, -0.05) is 29.5 Å². The van der Waals surface area contributed by atoms with Gasteiger partial charge >= 0.3 is 0 Å². The van der Waals surface area contributed by atoms with E-state index < -0.39 is 0 Å². The van der Waals surface area contributed by atoms with Crippen LogP contribution in [-0.4, -0.2) is 16.7 Å². The maximum atomic E-state index is 12.6. The van der Waals surface area contributed by atoms with Gasteiger partial charge in [0.2, 0.25) is 0 Å². The van der Waals surface area contributed by atoms with Crippen LogP contribution < -0.4 is 4.80 Å². The van der Waals surface area contributed by atoms with Gasteiger partial charge in [-0.25, -0.2) is 0 Å². The Morgan fingerprint density at radius 2 is 1.96 bits per heavy atom. The number of benzene rings is 2. The lowest BCUT2D eigenvalue weighted by Crippen LogP contribution is -2.13. The monoisotopic (exact) mass is 342 g/mol. The molecule has 0 aliphatic rings. The van der Waals surface area contributed by atoms with Crippen LogP contribution in [0.1, 0.15) is 21.5 Å². The number of carbonyl (C=O) groups is 1. The zero-order valence-corrected chi connectivity index (χ0v) is 15.2. The van der Waals surface area contributed by atoms with Crippen molar-refractivity contribution in [1.29, 1.82) is 0 Å². The van der Waals surface area contributed by atoms with E-state index in [4.69, 9.17) is 0 Å². The largest absolute Gasteiger partial charge is 0.319 e.